The Bertz CT molecular complexity index is 1170. The summed E-state index contributed by atoms with van der Waals surface area (Å²) in [7, 11) is 0. The summed E-state index contributed by atoms with van der Waals surface area (Å²) < 4.78 is 25.2. The van der Waals surface area contributed by atoms with E-state index in [0.717, 1.165) is 27.2 Å². The van der Waals surface area contributed by atoms with Crippen LogP contribution in [0.4, 0.5) is 9.18 Å². The van der Waals surface area contributed by atoms with Crippen LogP contribution in [0.2, 0.25) is 0 Å². The largest absolute Gasteiger partial charge is 0.485 e. The van der Waals surface area contributed by atoms with Gasteiger partial charge in [-0.05, 0) is 34.4 Å². The van der Waals surface area contributed by atoms with Gasteiger partial charge in [-0.3, -0.25) is 4.90 Å². The molecule has 6 nitrogen and oxygen atoms in total. The van der Waals surface area contributed by atoms with E-state index in [2.05, 4.69) is 0 Å². The summed E-state index contributed by atoms with van der Waals surface area (Å²) in [6.07, 6.45) is -1.32. The molecule has 1 N–H and O–H groups in total. The summed E-state index contributed by atoms with van der Waals surface area (Å²) in [4.78, 5) is 25.9. The molecule has 1 amide bonds. The van der Waals surface area contributed by atoms with Crippen molar-refractivity contribution in [3.05, 3.63) is 89.7 Å². The second kappa shape index (κ2) is 8.58. The van der Waals surface area contributed by atoms with Crippen molar-refractivity contribution in [2.75, 3.05) is 13.2 Å². The van der Waals surface area contributed by atoms with Crippen molar-refractivity contribution in [3.8, 4) is 16.9 Å². The third-order valence-corrected chi connectivity index (χ3v) is 6.25. The second-order valence-electron chi connectivity index (χ2n) is 8.22. The minimum Gasteiger partial charge on any atom is -0.485 e. The highest BCUT2D eigenvalue weighted by molar-refractivity contribution is 5.81. The Morgan fingerprint density at radius 1 is 0.939 bits per heavy atom. The number of carbonyl (C=O) groups excluding carboxylic acids is 1. The van der Waals surface area contributed by atoms with Crippen LogP contribution in [0.3, 0.4) is 0 Å². The average Bonchev–Trinajstić information content (AvgIpc) is 3.39. The van der Waals surface area contributed by atoms with Crippen molar-refractivity contribution in [2.45, 2.75) is 24.5 Å². The van der Waals surface area contributed by atoms with E-state index < -0.39 is 30.0 Å². The molecule has 0 saturated carbocycles. The zero-order chi connectivity index (χ0) is 22.9. The number of para-hydroxylation sites is 1. The molecule has 3 aromatic rings. The molecule has 1 heterocycles. The number of hydrogen-bond acceptors (Lipinski definition) is 4. The Kier molecular flexibility index (Phi) is 5.46. The van der Waals surface area contributed by atoms with E-state index in [0.29, 0.717) is 0 Å². The summed E-state index contributed by atoms with van der Waals surface area (Å²) in [6.45, 7) is 0.0938. The second-order valence-corrected chi connectivity index (χ2v) is 8.22. The first-order chi connectivity index (χ1) is 16.0. The van der Waals surface area contributed by atoms with Gasteiger partial charge in [-0.2, -0.15) is 0 Å². The van der Waals surface area contributed by atoms with Crippen LogP contribution >= 0.6 is 0 Å². The van der Waals surface area contributed by atoms with Crippen LogP contribution in [0.15, 0.2) is 72.8 Å². The molecule has 0 bridgehead atoms. The van der Waals surface area contributed by atoms with Gasteiger partial charge in [0.15, 0.2) is 11.6 Å². The Balaban J connectivity index is 1.30. The first-order valence-electron chi connectivity index (χ1n) is 10.8. The molecule has 168 valence electrons. The highest BCUT2D eigenvalue weighted by atomic mass is 19.1. The number of ether oxygens (including phenoxy) is 2. The molecule has 1 fully saturated rings. The van der Waals surface area contributed by atoms with Crippen molar-refractivity contribution < 1.29 is 28.6 Å². The lowest BCUT2D eigenvalue weighted by atomic mass is 9.98. The van der Waals surface area contributed by atoms with Gasteiger partial charge in [0.05, 0.1) is 6.54 Å². The average molecular weight is 447 g/mol. The van der Waals surface area contributed by atoms with E-state index >= 15 is 0 Å². The molecule has 0 radical (unpaired) electrons. The normalized spacial score (nSPS) is 19.1. The van der Waals surface area contributed by atoms with Crippen LogP contribution in [-0.2, 0) is 9.53 Å². The molecule has 1 saturated heterocycles. The molecule has 2 atom stereocenters. The van der Waals surface area contributed by atoms with Crippen molar-refractivity contribution in [1.82, 2.24) is 4.90 Å². The monoisotopic (exact) mass is 447 g/mol. The van der Waals surface area contributed by atoms with Gasteiger partial charge in [-0.15, -0.1) is 0 Å². The fraction of sp³-hybridized carbons (Fsp3) is 0.231. The van der Waals surface area contributed by atoms with E-state index in [-0.39, 0.29) is 31.2 Å². The topological polar surface area (TPSA) is 76.1 Å². The predicted molar refractivity (Wildman–Crippen MR) is 119 cm³/mol. The zero-order valence-corrected chi connectivity index (χ0v) is 17.7. The van der Waals surface area contributed by atoms with Crippen molar-refractivity contribution >= 4 is 12.1 Å². The highest BCUT2D eigenvalue weighted by Crippen LogP contribution is 2.44. The first-order valence-corrected chi connectivity index (χ1v) is 10.8. The Morgan fingerprint density at radius 2 is 1.55 bits per heavy atom. The zero-order valence-electron chi connectivity index (χ0n) is 17.7. The summed E-state index contributed by atoms with van der Waals surface area (Å²) in [5, 5.41) is 9.63. The maximum atomic E-state index is 13.9. The van der Waals surface area contributed by atoms with E-state index in [9.17, 15) is 19.1 Å². The van der Waals surface area contributed by atoms with Gasteiger partial charge in [0, 0.05) is 12.3 Å². The van der Waals surface area contributed by atoms with Crippen LogP contribution in [0.5, 0.6) is 5.75 Å². The predicted octanol–water partition coefficient (Wildman–Crippen LogP) is 4.68. The number of hydrogen-bond donors (Lipinski definition) is 1. The molecule has 1 aliphatic carbocycles. The van der Waals surface area contributed by atoms with E-state index in [1.165, 1.54) is 12.1 Å². The molecule has 0 aromatic heterocycles. The van der Waals surface area contributed by atoms with Crippen molar-refractivity contribution in [1.29, 1.82) is 0 Å². The standard InChI is InChI=1S/C26H22FNO5/c27-22-11-5-6-12-24(22)33-16-13-23(25(29)30)28(14-16)26(31)32-15-21-19-9-3-1-7-17(19)18-8-2-4-10-20(18)21/h1-12,16,21,23H,13-15H2,(H,29,30)/t16-,23+/m1/s1. The fourth-order valence-corrected chi connectivity index (χ4v) is 4.72. The molecule has 7 heteroatoms. The molecule has 5 rings (SSSR count). The summed E-state index contributed by atoms with van der Waals surface area (Å²) in [6, 6.07) is 20.8. The quantitative estimate of drug-likeness (QED) is 0.615. The Hall–Kier alpha value is -3.87. The lowest BCUT2D eigenvalue weighted by Crippen LogP contribution is -2.41. The SMILES string of the molecule is O=C(O)[C@@H]1C[C@@H](Oc2ccccc2F)CN1C(=O)OCC1c2ccccc2-c2ccccc21. The van der Waals surface area contributed by atoms with Gasteiger partial charge >= 0.3 is 12.1 Å². The molecule has 0 unspecified atom stereocenters. The number of rotatable bonds is 5. The minimum atomic E-state index is -1.15. The smallest absolute Gasteiger partial charge is 0.410 e. The molecule has 1 aliphatic heterocycles. The van der Waals surface area contributed by atoms with Gasteiger partial charge in [-0.25, -0.2) is 14.0 Å². The van der Waals surface area contributed by atoms with Crippen LogP contribution in [0.1, 0.15) is 23.5 Å². The van der Waals surface area contributed by atoms with Crippen molar-refractivity contribution in [2.24, 2.45) is 0 Å². The highest BCUT2D eigenvalue weighted by Gasteiger charge is 2.42. The minimum absolute atomic E-state index is 0.00196. The maximum absolute atomic E-state index is 13.9. The number of fused-ring (bicyclic) bond motifs is 3. The number of nitrogens with zero attached hydrogens (tertiary/aromatic N) is 1. The fourth-order valence-electron chi connectivity index (χ4n) is 4.72. The first kappa shape index (κ1) is 21.0. The number of carbonyl (C=O) groups is 2. The maximum Gasteiger partial charge on any atom is 0.410 e. The van der Waals surface area contributed by atoms with Gasteiger partial charge in [-0.1, -0.05) is 60.7 Å². The van der Waals surface area contributed by atoms with Gasteiger partial charge in [0.1, 0.15) is 18.8 Å². The third kappa shape index (κ3) is 3.91. The molecular formula is C26H22FNO5. The summed E-state index contributed by atoms with van der Waals surface area (Å²) in [5.41, 5.74) is 4.36. The molecule has 3 aromatic carbocycles. The van der Waals surface area contributed by atoms with Gasteiger partial charge in [0.2, 0.25) is 0 Å². The number of carboxylic acid groups (broad SMARTS) is 1. The molecule has 33 heavy (non-hydrogen) atoms. The van der Waals surface area contributed by atoms with Crippen LogP contribution in [-0.4, -0.2) is 47.4 Å². The van der Waals surface area contributed by atoms with E-state index in [1.54, 1.807) is 12.1 Å². The van der Waals surface area contributed by atoms with E-state index in [4.69, 9.17) is 9.47 Å². The molecule has 0 spiro atoms. The van der Waals surface area contributed by atoms with Gasteiger partial charge < -0.3 is 14.6 Å². The number of likely N-dealkylation sites (tertiary alicyclic amines) is 1. The Labute approximate surface area is 190 Å². The number of benzene rings is 3. The summed E-state index contributed by atoms with van der Waals surface area (Å²) >= 11 is 0. The summed E-state index contributed by atoms with van der Waals surface area (Å²) in [5.74, 6) is -1.79. The van der Waals surface area contributed by atoms with Gasteiger partial charge in [0.25, 0.3) is 0 Å². The molecular weight excluding hydrogens is 425 g/mol. The molecule has 2 aliphatic rings. The van der Waals surface area contributed by atoms with Crippen LogP contribution in [0, 0.1) is 5.82 Å². The lowest BCUT2D eigenvalue weighted by Gasteiger charge is -2.22. The third-order valence-electron chi connectivity index (χ3n) is 6.25. The number of amides is 1. The van der Waals surface area contributed by atoms with Crippen LogP contribution in [0.25, 0.3) is 11.1 Å². The van der Waals surface area contributed by atoms with Crippen molar-refractivity contribution in [3.63, 3.8) is 0 Å². The number of carboxylic acids is 1. The number of halogens is 1. The number of aliphatic carboxylic acids is 1. The van der Waals surface area contributed by atoms with E-state index in [1.807, 2.05) is 48.5 Å². The van der Waals surface area contributed by atoms with Crippen LogP contribution < -0.4 is 4.74 Å². The Morgan fingerprint density at radius 3 is 2.18 bits per heavy atom. The lowest BCUT2D eigenvalue weighted by molar-refractivity contribution is -0.141.